The Morgan fingerprint density at radius 1 is 1.11 bits per heavy atom. The van der Waals surface area contributed by atoms with Gasteiger partial charge in [-0.3, -0.25) is 4.79 Å². The number of anilines is 1. The van der Waals surface area contributed by atoms with Crippen LogP contribution in [-0.4, -0.2) is 42.6 Å². The van der Waals surface area contributed by atoms with Crippen molar-refractivity contribution < 1.29 is 9.90 Å². The molecule has 0 aromatic heterocycles. The lowest BCUT2D eigenvalue weighted by Gasteiger charge is -2.41. The number of amides is 1. The minimum Gasteiger partial charge on any atom is -0.506 e. The van der Waals surface area contributed by atoms with Crippen LogP contribution in [0, 0.1) is 5.92 Å². The van der Waals surface area contributed by atoms with Crippen LogP contribution in [0.25, 0.3) is 6.08 Å². The summed E-state index contributed by atoms with van der Waals surface area (Å²) in [6.07, 6.45) is 7.59. The summed E-state index contributed by atoms with van der Waals surface area (Å²) in [5.41, 5.74) is 4.74. The fourth-order valence-corrected chi connectivity index (χ4v) is 5.33. The maximum Gasteiger partial charge on any atom is 0.231 e. The first kappa shape index (κ1) is 17.5. The van der Waals surface area contributed by atoms with E-state index in [1.165, 1.54) is 11.1 Å². The van der Waals surface area contributed by atoms with Gasteiger partial charge >= 0.3 is 0 Å². The largest absolute Gasteiger partial charge is 0.506 e. The predicted octanol–water partition coefficient (Wildman–Crippen LogP) is 3.59. The SMILES string of the molecule is CN1C(=O)C(CN2CCC3(C=Cc4ccccc43)CC2)Cc2cccc(O)c21. The van der Waals surface area contributed by atoms with Crippen molar-refractivity contribution in [2.24, 2.45) is 5.92 Å². The molecule has 1 aliphatic carbocycles. The number of allylic oxidation sites excluding steroid dienone is 1. The van der Waals surface area contributed by atoms with E-state index in [1.807, 2.05) is 12.1 Å². The molecule has 1 saturated heterocycles. The molecule has 2 aliphatic heterocycles. The first-order valence-electron chi connectivity index (χ1n) is 10.2. The van der Waals surface area contributed by atoms with Gasteiger partial charge in [0.2, 0.25) is 5.91 Å². The number of nitrogens with zero attached hydrogens (tertiary/aromatic N) is 2. The molecule has 28 heavy (non-hydrogen) atoms. The number of benzene rings is 2. The van der Waals surface area contributed by atoms with Crippen molar-refractivity contribution in [1.82, 2.24) is 4.90 Å². The molecule has 0 saturated carbocycles. The standard InChI is InChI=1S/C24H26N2O2/c1-25-22-18(6-4-8-21(22)27)15-19(23(25)28)16-26-13-11-24(12-14-26)10-9-17-5-2-3-7-20(17)24/h2-10,19,27H,11-16H2,1H3. The normalized spacial score (nSPS) is 23.1. The Morgan fingerprint density at radius 2 is 1.89 bits per heavy atom. The van der Waals surface area contributed by atoms with Crippen LogP contribution in [0.3, 0.4) is 0 Å². The van der Waals surface area contributed by atoms with Crippen LogP contribution in [-0.2, 0) is 16.6 Å². The lowest BCUT2D eigenvalue weighted by molar-refractivity contribution is -0.123. The van der Waals surface area contributed by atoms with E-state index in [2.05, 4.69) is 41.3 Å². The van der Waals surface area contributed by atoms with Crippen LogP contribution in [0.1, 0.15) is 29.5 Å². The quantitative estimate of drug-likeness (QED) is 0.874. The van der Waals surface area contributed by atoms with E-state index in [4.69, 9.17) is 0 Å². The molecule has 4 heteroatoms. The summed E-state index contributed by atoms with van der Waals surface area (Å²) in [5, 5.41) is 10.1. The second-order valence-electron chi connectivity index (χ2n) is 8.46. The fourth-order valence-electron chi connectivity index (χ4n) is 5.33. The first-order chi connectivity index (χ1) is 13.6. The molecular formula is C24H26N2O2. The van der Waals surface area contributed by atoms with Crippen LogP contribution >= 0.6 is 0 Å². The van der Waals surface area contributed by atoms with Crippen LogP contribution < -0.4 is 4.90 Å². The van der Waals surface area contributed by atoms with Crippen molar-refractivity contribution in [3.05, 3.63) is 65.2 Å². The van der Waals surface area contributed by atoms with Gasteiger partial charge in [0.1, 0.15) is 5.75 Å². The number of phenolic OH excluding ortho intramolecular Hbond substituents is 1. The number of aromatic hydroxyl groups is 1. The van der Waals surface area contributed by atoms with Gasteiger partial charge in [-0.15, -0.1) is 0 Å². The number of para-hydroxylation sites is 1. The molecular weight excluding hydrogens is 348 g/mol. The molecule has 144 valence electrons. The molecule has 1 atom stereocenters. The monoisotopic (exact) mass is 374 g/mol. The van der Waals surface area contributed by atoms with Gasteiger partial charge in [-0.2, -0.15) is 0 Å². The second kappa shape index (κ2) is 6.49. The second-order valence-corrected chi connectivity index (χ2v) is 8.46. The highest BCUT2D eigenvalue weighted by molar-refractivity contribution is 5.99. The van der Waals surface area contributed by atoms with Gasteiger partial charge in [-0.25, -0.2) is 0 Å². The molecule has 1 spiro atoms. The van der Waals surface area contributed by atoms with E-state index >= 15 is 0 Å². The Kier molecular flexibility index (Phi) is 4.06. The lowest BCUT2D eigenvalue weighted by Crippen LogP contribution is -2.48. The number of carbonyl (C=O) groups is 1. The molecule has 2 aromatic rings. The number of rotatable bonds is 2. The molecule has 1 amide bonds. The molecule has 1 fully saturated rings. The van der Waals surface area contributed by atoms with Crippen molar-refractivity contribution in [2.45, 2.75) is 24.7 Å². The molecule has 1 unspecified atom stereocenters. The summed E-state index contributed by atoms with van der Waals surface area (Å²) < 4.78 is 0. The van der Waals surface area contributed by atoms with Crippen molar-refractivity contribution in [3.8, 4) is 5.75 Å². The van der Waals surface area contributed by atoms with Crippen molar-refractivity contribution in [3.63, 3.8) is 0 Å². The Hall–Kier alpha value is -2.59. The number of fused-ring (bicyclic) bond motifs is 3. The number of carbonyl (C=O) groups excluding carboxylic acids is 1. The van der Waals surface area contributed by atoms with Gasteiger partial charge in [0.15, 0.2) is 0 Å². The average molecular weight is 374 g/mol. The first-order valence-corrected chi connectivity index (χ1v) is 10.2. The van der Waals surface area contributed by atoms with E-state index in [-0.39, 0.29) is 23.0 Å². The highest BCUT2D eigenvalue weighted by Crippen LogP contribution is 2.44. The zero-order valence-electron chi connectivity index (χ0n) is 16.3. The molecule has 2 aromatic carbocycles. The Balaban J connectivity index is 1.29. The molecule has 3 aliphatic rings. The smallest absolute Gasteiger partial charge is 0.231 e. The number of phenols is 1. The van der Waals surface area contributed by atoms with Crippen molar-refractivity contribution in [1.29, 1.82) is 0 Å². The van der Waals surface area contributed by atoms with E-state index in [0.29, 0.717) is 12.1 Å². The summed E-state index contributed by atoms with van der Waals surface area (Å²) in [6.45, 7) is 2.82. The van der Waals surface area contributed by atoms with Gasteiger partial charge in [-0.1, -0.05) is 48.6 Å². The van der Waals surface area contributed by atoms with Crippen LogP contribution in [0.4, 0.5) is 5.69 Å². The number of hydrogen-bond acceptors (Lipinski definition) is 3. The van der Waals surface area contributed by atoms with Gasteiger partial charge in [0.25, 0.3) is 0 Å². The third-order valence-corrected chi connectivity index (χ3v) is 6.89. The van der Waals surface area contributed by atoms with E-state index in [9.17, 15) is 9.90 Å². The summed E-state index contributed by atoms with van der Waals surface area (Å²) in [7, 11) is 1.78. The maximum absolute atomic E-state index is 12.9. The molecule has 0 bridgehead atoms. The molecule has 1 N–H and O–H groups in total. The number of piperidine rings is 1. The topological polar surface area (TPSA) is 43.8 Å². The zero-order valence-corrected chi connectivity index (χ0v) is 16.3. The predicted molar refractivity (Wildman–Crippen MR) is 112 cm³/mol. The van der Waals surface area contributed by atoms with Crippen LogP contribution in [0.15, 0.2) is 48.5 Å². The highest BCUT2D eigenvalue weighted by Gasteiger charge is 2.39. The van der Waals surface area contributed by atoms with E-state index in [1.54, 1.807) is 18.0 Å². The molecule has 5 rings (SSSR count). The Bertz CT molecular complexity index is 957. The van der Waals surface area contributed by atoms with Gasteiger partial charge in [-0.05, 0) is 55.1 Å². The van der Waals surface area contributed by atoms with E-state index < -0.39 is 0 Å². The Labute approximate surface area is 166 Å². The van der Waals surface area contributed by atoms with Gasteiger partial charge < -0.3 is 14.9 Å². The fraction of sp³-hybridized carbons (Fsp3) is 0.375. The van der Waals surface area contributed by atoms with E-state index in [0.717, 1.165) is 38.0 Å². The zero-order chi connectivity index (χ0) is 19.3. The maximum atomic E-state index is 12.9. The third kappa shape index (κ3) is 2.67. The summed E-state index contributed by atoms with van der Waals surface area (Å²) in [6, 6.07) is 14.3. The highest BCUT2D eigenvalue weighted by atomic mass is 16.3. The number of likely N-dealkylation sites (tertiary alicyclic amines) is 1. The van der Waals surface area contributed by atoms with Crippen molar-refractivity contribution >= 4 is 17.7 Å². The van der Waals surface area contributed by atoms with Crippen LogP contribution in [0.2, 0.25) is 0 Å². The number of hydrogen-bond donors (Lipinski definition) is 1. The van der Waals surface area contributed by atoms with Gasteiger partial charge in [0.05, 0.1) is 11.6 Å². The Morgan fingerprint density at radius 3 is 2.71 bits per heavy atom. The minimum absolute atomic E-state index is 0.0419. The summed E-state index contributed by atoms with van der Waals surface area (Å²) >= 11 is 0. The molecule has 0 radical (unpaired) electrons. The van der Waals surface area contributed by atoms with Crippen LogP contribution in [0.5, 0.6) is 5.75 Å². The molecule has 4 nitrogen and oxygen atoms in total. The average Bonchev–Trinajstić information content (AvgIpc) is 3.06. The lowest BCUT2D eigenvalue weighted by atomic mass is 9.74. The third-order valence-electron chi connectivity index (χ3n) is 6.89. The van der Waals surface area contributed by atoms with Crippen molar-refractivity contribution in [2.75, 3.05) is 31.6 Å². The summed E-state index contributed by atoms with van der Waals surface area (Å²) in [4.78, 5) is 17.0. The minimum atomic E-state index is -0.0419. The van der Waals surface area contributed by atoms with Gasteiger partial charge in [0, 0.05) is 19.0 Å². The molecule has 2 heterocycles. The summed E-state index contributed by atoms with van der Waals surface area (Å²) in [5.74, 6) is 0.263.